The minimum absolute atomic E-state index is 0.0781. The van der Waals surface area contributed by atoms with Crippen LogP contribution in [0, 0.1) is 0 Å². The van der Waals surface area contributed by atoms with Gasteiger partial charge in [-0.15, -0.1) is 0 Å². The molecule has 0 bridgehead atoms. The molecule has 0 aromatic carbocycles. The Labute approximate surface area is 437 Å². The van der Waals surface area contributed by atoms with Crippen molar-refractivity contribution in [3.63, 3.8) is 0 Å². The Balaban J connectivity index is 4.25. The summed E-state index contributed by atoms with van der Waals surface area (Å²) in [7, 11) is 0. The number of hydrogen-bond acceptors (Lipinski definition) is 5. The zero-order valence-corrected chi connectivity index (χ0v) is 47.3. The first-order valence-corrected chi connectivity index (χ1v) is 31.2. The number of carbonyl (C=O) groups excluding carboxylic acids is 2. The van der Waals surface area contributed by atoms with Crippen LogP contribution in [0.3, 0.4) is 0 Å². The van der Waals surface area contributed by atoms with Crippen molar-refractivity contribution in [1.82, 2.24) is 0 Å². The lowest BCUT2D eigenvalue weighted by Crippen LogP contribution is -2.30. The average molecular weight is 982 g/mol. The maximum Gasteiger partial charge on any atom is 0.306 e. The minimum atomic E-state index is -0.550. The van der Waals surface area contributed by atoms with Gasteiger partial charge in [0.25, 0.3) is 0 Å². The average Bonchev–Trinajstić information content (AvgIpc) is 3.36. The van der Waals surface area contributed by atoms with E-state index in [9.17, 15) is 9.59 Å². The third-order valence-electron chi connectivity index (χ3n) is 13.9. The van der Waals surface area contributed by atoms with Crippen molar-refractivity contribution < 1.29 is 23.8 Å². The zero-order valence-electron chi connectivity index (χ0n) is 47.3. The molecule has 0 aromatic rings. The van der Waals surface area contributed by atoms with E-state index in [4.69, 9.17) is 14.2 Å². The highest BCUT2D eigenvalue weighted by atomic mass is 16.6. The van der Waals surface area contributed by atoms with Gasteiger partial charge in [-0.05, 0) is 57.8 Å². The first-order valence-electron chi connectivity index (χ1n) is 31.2. The SMILES string of the molecule is CC/C=C\C/C=C\C/C=C\C/C=C\CCCCCOCC(COC(=O)CCCCCCCCCCCCCCCCCCCCC)OC(=O)CCCCCCCCCCCCCCCCCCCCC. The molecule has 0 rings (SSSR count). The predicted molar refractivity (Wildman–Crippen MR) is 307 cm³/mol. The maximum atomic E-state index is 12.9. The normalized spacial score (nSPS) is 12.4. The Morgan fingerprint density at radius 3 is 1.01 bits per heavy atom. The van der Waals surface area contributed by atoms with Crippen molar-refractivity contribution in [3.05, 3.63) is 48.6 Å². The highest BCUT2D eigenvalue weighted by molar-refractivity contribution is 5.70. The molecule has 0 amide bonds. The highest BCUT2D eigenvalue weighted by Crippen LogP contribution is 2.18. The number of rotatable bonds is 58. The number of ether oxygens (including phenoxy) is 3. The molecule has 0 aliphatic rings. The molecule has 5 nitrogen and oxygen atoms in total. The molecular weight excluding hydrogens is 861 g/mol. The van der Waals surface area contributed by atoms with Gasteiger partial charge in [0.1, 0.15) is 6.61 Å². The molecule has 1 unspecified atom stereocenters. The molecule has 0 aromatic heterocycles. The van der Waals surface area contributed by atoms with Gasteiger partial charge in [0.05, 0.1) is 6.61 Å². The number of carbonyl (C=O) groups is 2. The monoisotopic (exact) mass is 981 g/mol. The molecule has 0 radical (unpaired) electrons. The molecule has 0 aliphatic heterocycles. The van der Waals surface area contributed by atoms with Gasteiger partial charge >= 0.3 is 11.9 Å². The van der Waals surface area contributed by atoms with Crippen molar-refractivity contribution >= 4 is 11.9 Å². The second-order valence-corrected chi connectivity index (χ2v) is 20.9. The second-order valence-electron chi connectivity index (χ2n) is 20.9. The summed E-state index contributed by atoms with van der Waals surface area (Å²) >= 11 is 0. The van der Waals surface area contributed by atoms with Crippen LogP contribution in [0.15, 0.2) is 48.6 Å². The maximum absolute atomic E-state index is 12.9. The Morgan fingerprint density at radius 1 is 0.329 bits per heavy atom. The lowest BCUT2D eigenvalue weighted by molar-refractivity contribution is -0.163. The lowest BCUT2D eigenvalue weighted by atomic mass is 10.0. The van der Waals surface area contributed by atoms with E-state index in [-0.39, 0.29) is 25.2 Å². The second kappa shape index (κ2) is 61.2. The van der Waals surface area contributed by atoms with E-state index >= 15 is 0 Å². The van der Waals surface area contributed by atoms with Crippen molar-refractivity contribution in [1.29, 1.82) is 0 Å². The van der Waals surface area contributed by atoms with Crippen molar-refractivity contribution in [2.45, 2.75) is 335 Å². The van der Waals surface area contributed by atoms with Crippen LogP contribution in [-0.2, 0) is 23.8 Å². The fraction of sp³-hybridized carbons (Fsp3) is 0.846. The van der Waals surface area contributed by atoms with Crippen molar-refractivity contribution in [2.75, 3.05) is 19.8 Å². The molecule has 1 atom stereocenters. The Bertz CT molecular complexity index is 1150. The van der Waals surface area contributed by atoms with Gasteiger partial charge in [0.15, 0.2) is 6.10 Å². The number of hydrogen-bond donors (Lipinski definition) is 0. The molecule has 70 heavy (non-hydrogen) atoms. The van der Waals surface area contributed by atoms with Gasteiger partial charge in [-0.2, -0.15) is 0 Å². The van der Waals surface area contributed by atoms with Crippen LogP contribution in [0.4, 0.5) is 0 Å². The van der Waals surface area contributed by atoms with Crippen LogP contribution in [-0.4, -0.2) is 37.9 Å². The smallest absolute Gasteiger partial charge is 0.306 e. The van der Waals surface area contributed by atoms with Crippen LogP contribution in [0.1, 0.15) is 329 Å². The van der Waals surface area contributed by atoms with Crippen molar-refractivity contribution in [2.24, 2.45) is 0 Å². The van der Waals surface area contributed by atoms with E-state index in [0.29, 0.717) is 19.4 Å². The van der Waals surface area contributed by atoms with E-state index in [1.165, 1.54) is 218 Å². The summed E-state index contributed by atoms with van der Waals surface area (Å²) in [6, 6.07) is 0. The molecule has 0 heterocycles. The van der Waals surface area contributed by atoms with Crippen molar-refractivity contribution in [3.8, 4) is 0 Å². The Morgan fingerprint density at radius 2 is 0.643 bits per heavy atom. The Kier molecular flexibility index (Phi) is 59.3. The Hall–Kier alpha value is -2.14. The molecule has 0 saturated carbocycles. The van der Waals surface area contributed by atoms with Crippen LogP contribution < -0.4 is 0 Å². The summed E-state index contributed by atoms with van der Waals surface area (Å²) in [4.78, 5) is 25.6. The van der Waals surface area contributed by atoms with E-state index in [2.05, 4.69) is 69.4 Å². The first kappa shape index (κ1) is 67.9. The number of esters is 2. The lowest BCUT2D eigenvalue weighted by Gasteiger charge is -2.18. The fourth-order valence-electron chi connectivity index (χ4n) is 9.27. The van der Waals surface area contributed by atoms with E-state index in [1.54, 1.807) is 0 Å². The topological polar surface area (TPSA) is 61.8 Å². The predicted octanol–water partition coefficient (Wildman–Crippen LogP) is 21.5. The third kappa shape index (κ3) is 58.4. The minimum Gasteiger partial charge on any atom is -0.462 e. The summed E-state index contributed by atoms with van der Waals surface area (Å²) in [6.07, 6.45) is 77.2. The van der Waals surface area contributed by atoms with Crippen LogP contribution in [0.2, 0.25) is 0 Å². The molecule has 0 fully saturated rings. The quantitative estimate of drug-likeness (QED) is 0.0345. The van der Waals surface area contributed by atoms with Gasteiger partial charge in [0, 0.05) is 19.4 Å². The van der Waals surface area contributed by atoms with E-state index < -0.39 is 6.10 Å². The molecular formula is C65H120O5. The standard InChI is InChI=1S/C65H120O5/c1-4-7-10-13-16-19-22-25-28-31-33-35-37-40-43-46-49-52-55-58-64(66)69-62-63(61-68-60-57-54-51-48-45-42-39-30-27-24-21-18-15-12-9-6-3)70-65(67)59-56-53-50-47-44-41-38-36-34-32-29-26-23-20-17-14-11-8-5-2/h9,12,18,21,27,30,42,45,63H,4-8,10-11,13-17,19-20,22-26,28-29,31-41,43-44,46-62H2,1-3H3/b12-9-,21-18-,30-27-,45-42-. The molecule has 410 valence electrons. The zero-order chi connectivity index (χ0) is 50.6. The highest BCUT2D eigenvalue weighted by Gasteiger charge is 2.17. The molecule has 0 saturated heterocycles. The summed E-state index contributed by atoms with van der Waals surface area (Å²) < 4.78 is 17.5. The summed E-state index contributed by atoms with van der Waals surface area (Å²) in [5.74, 6) is -0.393. The molecule has 5 heteroatoms. The van der Waals surface area contributed by atoms with Gasteiger partial charge in [-0.1, -0.05) is 307 Å². The van der Waals surface area contributed by atoms with E-state index in [0.717, 1.165) is 77.0 Å². The van der Waals surface area contributed by atoms with Crippen LogP contribution in [0.25, 0.3) is 0 Å². The van der Waals surface area contributed by atoms with Gasteiger partial charge in [-0.3, -0.25) is 9.59 Å². The molecule has 0 spiro atoms. The van der Waals surface area contributed by atoms with Crippen LogP contribution in [0.5, 0.6) is 0 Å². The van der Waals surface area contributed by atoms with Gasteiger partial charge in [0.2, 0.25) is 0 Å². The largest absolute Gasteiger partial charge is 0.462 e. The van der Waals surface area contributed by atoms with Gasteiger partial charge in [-0.25, -0.2) is 0 Å². The third-order valence-corrected chi connectivity index (χ3v) is 13.9. The van der Waals surface area contributed by atoms with E-state index in [1.807, 2.05) is 0 Å². The number of allylic oxidation sites excluding steroid dienone is 8. The summed E-state index contributed by atoms with van der Waals surface area (Å²) in [6.45, 7) is 7.72. The summed E-state index contributed by atoms with van der Waals surface area (Å²) in [5, 5.41) is 0. The van der Waals surface area contributed by atoms with Crippen LogP contribution >= 0.6 is 0 Å². The molecule has 0 N–H and O–H groups in total. The fourth-order valence-corrected chi connectivity index (χ4v) is 9.27. The van der Waals surface area contributed by atoms with Gasteiger partial charge < -0.3 is 14.2 Å². The first-order chi connectivity index (χ1) is 34.6. The number of unbranched alkanes of at least 4 members (excludes halogenated alkanes) is 39. The summed E-state index contributed by atoms with van der Waals surface area (Å²) in [5.41, 5.74) is 0. The molecule has 0 aliphatic carbocycles.